The summed E-state index contributed by atoms with van der Waals surface area (Å²) >= 11 is 1.63. The average Bonchev–Trinajstić information content (AvgIpc) is 3.32. The summed E-state index contributed by atoms with van der Waals surface area (Å²) in [5.41, 5.74) is 1.60. The molecule has 1 aliphatic heterocycles. The Hall–Kier alpha value is -2.18. The molecule has 1 fully saturated rings. The summed E-state index contributed by atoms with van der Waals surface area (Å²) in [7, 11) is 0. The Morgan fingerprint density at radius 3 is 2.65 bits per heavy atom. The van der Waals surface area contributed by atoms with Gasteiger partial charge in [0.25, 0.3) is 0 Å². The highest BCUT2D eigenvalue weighted by molar-refractivity contribution is 7.99. The van der Waals surface area contributed by atoms with Crippen LogP contribution in [-0.2, 0) is 11.3 Å². The van der Waals surface area contributed by atoms with Crippen molar-refractivity contribution in [1.82, 2.24) is 14.8 Å². The van der Waals surface area contributed by atoms with E-state index in [4.69, 9.17) is 4.74 Å². The van der Waals surface area contributed by atoms with Crippen LogP contribution in [0.4, 0.5) is 4.39 Å². The summed E-state index contributed by atoms with van der Waals surface area (Å²) in [6.07, 6.45) is 2.46. The van der Waals surface area contributed by atoms with Crippen LogP contribution in [0.3, 0.4) is 0 Å². The van der Waals surface area contributed by atoms with E-state index in [-0.39, 0.29) is 11.9 Å². The predicted octanol–water partition coefficient (Wildman–Crippen LogP) is 4.40. The minimum absolute atomic E-state index is 0.263. The fourth-order valence-corrected chi connectivity index (χ4v) is 4.09. The summed E-state index contributed by atoms with van der Waals surface area (Å²) < 4.78 is 22.0. The number of aromatic nitrogens is 3. The van der Waals surface area contributed by atoms with Crippen molar-refractivity contribution in [3.05, 3.63) is 66.0 Å². The van der Waals surface area contributed by atoms with Crippen LogP contribution < -0.4 is 0 Å². The summed E-state index contributed by atoms with van der Waals surface area (Å²) in [6.45, 7) is 1.44. The third-order valence-electron chi connectivity index (χ3n) is 4.44. The van der Waals surface area contributed by atoms with Gasteiger partial charge in [-0.05, 0) is 30.5 Å². The Kier molecular flexibility index (Phi) is 5.32. The molecule has 0 aliphatic carbocycles. The van der Waals surface area contributed by atoms with E-state index in [2.05, 4.69) is 22.3 Å². The van der Waals surface area contributed by atoms with Gasteiger partial charge >= 0.3 is 0 Å². The lowest BCUT2D eigenvalue weighted by molar-refractivity contribution is 0.129. The molecule has 0 spiro atoms. The lowest BCUT2D eigenvalue weighted by atomic mass is 10.2. The number of nitrogens with zero attached hydrogens (tertiary/aromatic N) is 3. The Bertz CT molecular complexity index is 863. The first-order valence-corrected chi connectivity index (χ1v) is 9.76. The lowest BCUT2D eigenvalue weighted by Crippen LogP contribution is -2.10. The summed E-state index contributed by atoms with van der Waals surface area (Å²) in [4.78, 5) is 0. The minimum Gasteiger partial charge on any atom is -0.377 e. The molecular formula is C20H20FN3OS. The van der Waals surface area contributed by atoms with E-state index in [1.165, 1.54) is 6.07 Å². The van der Waals surface area contributed by atoms with Crippen molar-refractivity contribution in [3.8, 4) is 11.4 Å². The molecule has 0 bridgehead atoms. The van der Waals surface area contributed by atoms with Gasteiger partial charge in [0.2, 0.25) is 0 Å². The zero-order valence-corrected chi connectivity index (χ0v) is 15.2. The highest BCUT2D eigenvalue weighted by Crippen LogP contribution is 2.28. The molecule has 6 heteroatoms. The largest absolute Gasteiger partial charge is 0.377 e. The second-order valence-electron chi connectivity index (χ2n) is 6.30. The van der Waals surface area contributed by atoms with E-state index in [9.17, 15) is 4.39 Å². The Balaban J connectivity index is 1.66. The molecule has 1 aromatic heterocycles. The maximum atomic E-state index is 14.3. The van der Waals surface area contributed by atoms with E-state index in [0.717, 1.165) is 35.9 Å². The molecule has 0 N–H and O–H groups in total. The van der Waals surface area contributed by atoms with Gasteiger partial charge in [0.1, 0.15) is 5.82 Å². The number of benzene rings is 2. The monoisotopic (exact) mass is 369 g/mol. The zero-order valence-electron chi connectivity index (χ0n) is 14.3. The van der Waals surface area contributed by atoms with Crippen molar-refractivity contribution in [2.45, 2.75) is 30.6 Å². The Morgan fingerprint density at radius 1 is 1.08 bits per heavy atom. The van der Waals surface area contributed by atoms with Gasteiger partial charge in [-0.25, -0.2) is 4.39 Å². The number of rotatable bonds is 6. The van der Waals surface area contributed by atoms with E-state index >= 15 is 0 Å². The van der Waals surface area contributed by atoms with Crippen molar-refractivity contribution in [2.24, 2.45) is 0 Å². The molecule has 0 saturated carbocycles. The second-order valence-corrected chi connectivity index (χ2v) is 7.29. The molecule has 0 amide bonds. The molecule has 1 saturated heterocycles. The fourth-order valence-electron chi connectivity index (χ4n) is 3.09. The maximum absolute atomic E-state index is 14.3. The molecule has 2 aromatic carbocycles. The van der Waals surface area contributed by atoms with Crippen LogP contribution in [0, 0.1) is 5.82 Å². The molecule has 4 nitrogen and oxygen atoms in total. The van der Waals surface area contributed by atoms with Gasteiger partial charge in [-0.3, -0.25) is 4.57 Å². The van der Waals surface area contributed by atoms with Crippen LogP contribution in [0.25, 0.3) is 11.4 Å². The number of halogens is 1. The highest BCUT2D eigenvalue weighted by atomic mass is 32.2. The van der Waals surface area contributed by atoms with Crippen LogP contribution in [0.15, 0.2) is 59.8 Å². The van der Waals surface area contributed by atoms with Gasteiger partial charge < -0.3 is 4.74 Å². The minimum atomic E-state index is -0.287. The van der Waals surface area contributed by atoms with Gasteiger partial charge in [-0.1, -0.05) is 54.2 Å². The van der Waals surface area contributed by atoms with E-state index < -0.39 is 0 Å². The normalized spacial score (nSPS) is 16.9. The summed E-state index contributed by atoms with van der Waals surface area (Å²) in [6, 6.07) is 16.8. The van der Waals surface area contributed by atoms with Gasteiger partial charge in [0, 0.05) is 12.4 Å². The van der Waals surface area contributed by atoms with Crippen molar-refractivity contribution < 1.29 is 9.13 Å². The third kappa shape index (κ3) is 3.81. The van der Waals surface area contributed by atoms with Gasteiger partial charge in [-0.2, -0.15) is 0 Å². The first kappa shape index (κ1) is 17.2. The molecule has 2 heterocycles. The molecule has 3 aromatic rings. The number of hydrogen-bond donors (Lipinski definition) is 0. The smallest absolute Gasteiger partial charge is 0.191 e. The molecule has 26 heavy (non-hydrogen) atoms. The van der Waals surface area contributed by atoms with Gasteiger partial charge in [0.05, 0.1) is 18.2 Å². The van der Waals surface area contributed by atoms with E-state index in [0.29, 0.717) is 17.9 Å². The molecule has 134 valence electrons. The SMILES string of the molecule is Fc1ccccc1-c1nnc(SC[C@@H]2CCCO2)n1Cc1ccccc1. The van der Waals surface area contributed by atoms with E-state index in [1.54, 1.807) is 23.9 Å². The number of thioether (sulfide) groups is 1. The van der Waals surface area contributed by atoms with Crippen molar-refractivity contribution in [3.63, 3.8) is 0 Å². The summed E-state index contributed by atoms with van der Waals surface area (Å²) in [5, 5.41) is 9.44. The van der Waals surface area contributed by atoms with E-state index in [1.807, 2.05) is 28.8 Å². The topological polar surface area (TPSA) is 39.9 Å². The number of ether oxygens (including phenoxy) is 1. The summed E-state index contributed by atoms with van der Waals surface area (Å²) in [5.74, 6) is 1.11. The molecule has 1 atom stereocenters. The van der Waals surface area contributed by atoms with Crippen LogP contribution in [-0.4, -0.2) is 33.2 Å². The molecule has 4 rings (SSSR count). The van der Waals surface area contributed by atoms with Gasteiger partial charge in [0.15, 0.2) is 11.0 Å². The Morgan fingerprint density at radius 2 is 1.88 bits per heavy atom. The van der Waals surface area contributed by atoms with Crippen molar-refractivity contribution in [2.75, 3.05) is 12.4 Å². The molecule has 0 radical (unpaired) electrons. The molecule has 1 aliphatic rings. The third-order valence-corrected chi connectivity index (χ3v) is 5.54. The first-order valence-electron chi connectivity index (χ1n) is 8.77. The van der Waals surface area contributed by atoms with Gasteiger partial charge in [-0.15, -0.1) is 10.2 Å². The quantitative estimate of drug-likeness (QED) is 0.604. The fraction of sp³-hybridized carbons (Fsp3) is 0.300. The molecular weight excluding hydrogens is 349 g/mol. The van der Waals surface area contributed by atoms with Crippen molar-refractivity contribution in [1.29, 1.82) is 0 Å². The lowest BCUT2D eigenvalue weighted by Gasteiger charge is -2.12. The van der Waals surface area contributed by atoms with Crippen LogP contribution in [0.2, 0.25) is 0 Å². The first-order chi connectivity index (χ1) is 12.8. The second kappa shape index (κ2) is 8.01. The number of hydrogen-bond acceptors (Lipinski definition) is 4. The zero-order chi connectivity index (χ0) is 17.8. The van der Waals surface area contributed by atoms with Crippen LogP contribution in [0.1, 0.15) is 18.4 Å². The predicted molar refractivity (Wildman–Crippen MR) is 101 cm³/mol. The average molecular weight is 369 g/mol. The maximum Gasteiger partial charge on any atom is 0.191 e. The standard InChI is InChI=1S/C20H20FN3OS/c21-18-11-5-4-10-17(18)19-22-23-20(26-14-16-9-6-12-25-16)24(19)13-15-7-2-1-3-8-15/h1-5,7-8,10-11,16H,6,9,12-14H2/t16-/m0/s1. The van der Waals surface area contributed by atoms with Crippen LogP contribution >= 0.6 is 11.8 Å². The molecule has 0 unspecified atom stereocenters. The highest BCUT2D eigenvalue weighted by Gasteiger charge is 2.20. The van der Waals surface area contributed by atoms with Crippen molar-refractivity contribution >= 4 is 11.8 Å². The Labute approximate surface area is 156 Å². The van der Waals surface area contributed by atoms with Crippen LogP contribution in [0.5, 0.6) is 0 Å².